The molecule has 0 bridgehead atoms. The second-order valence-corrected chi connectivity index (χ2v) is 6.15. The molecule has 1 heterocycles. The second-order valence-electron chi connectivity index (χ2n) is 5.07. The normalized spacial score (nSPS) is 40.1. The average Bonchev–Trinajstić information content (AvgIpc) is 2.74. The van der Waals surface area contributed by atoms with Crippen molar-refractivity contribution in [1.82, 2.24) is 5.32 Å². The van der Waals surface area contributed by atoms with Crippen molar-refractivity contribution in [3.05, 3.63) is 0 Å². The van der Waals surface area contributed by atoms with E-state index in [-0.39, 0.29) is 0 Å². The van der Waals surface area contributed by atoms with Gasteiger partial charge in [0.2, 0.25) is 0 Å². The van der Waals surface area contributed by atoms with E-state index in [0.717, 1.165) is 11.7 Å². The third-order valence-corrected chi connectivity index (χ3v) is 4.95. The predicted octanol–water partition coefficient (Wildman–Crippen LogP) is 1.40. The minimum Gasteiger partial charge on any atom is -0.386 e. The Morgan fingerprint density at radius 1 is 1.44 bits per heavy atom. The topological polar surface area (TPSA) is 41.5 Å². The largest absolute Gasteiger partial charge is 0.386 e. The standard InChI is InChI=1S/C12H23NO2S/c1-16-11-5-3-2-4-10(11)13-8-12(14)6-7-15-9-12/h10-11,13-14H,2-9H2,1H3. The highest BCUT2D eigenvalue weighted by Crippen LogP contribution is 2.28. The molecule has 1 aliphatic carbocycles. The smallest absolute Gasteiger partial charge is 0.102 e. The second kappa shape index (κ2) is 5.71. The summed E-state index contributed by atoms with van der Waals surface area (Å²) in [5, 5.41) is 14.5. The van der Waals surface area contributed by atoms with Crippen molar-refractivity contribution >= 4 is 11.8 Å². The molecule has 0 aromatic heterocycles. The van der Waals surface area contributed by atoms with Crippen LogP contribution in [0.2, 0.25) is 0 Å². The van der Waals surface area contributed by atoms with Gasteiger partial charge in [-0.2, -0.15) is 11.8 Å². The fourth-order valence-electron chi connectivity index (χ4n) is 2.67. The van der Waals surface area contributed by atoms with E-state index in [9.17, 15) is 5.11 Å². The first-order valence-electron chi connectivity index (χ1n) is 6.30. The van der Waals surface area contributed by atoms with Crippen LogP contribution in [-0.4, -0.2) is 48.0 Å². The summed E-state index contributed by atoms with van der Waals surface area (Å²) in [6.45, 7) is 1.89. The Bertz CT molecular complexity index is 219. The maximum absolute atomic E-state index is 10.2. The first-order valence-corrected chi connectivity index (χ1v) is 7.59. The summed E-state index contributed by atoms with van der Waals surface area (Å²) in [5.41, 5.74) is -0.611. The van der Waals surface area contributed by atoms with E-state index in [2.05, 4.69) is 11.6 Å². The van der Waals surface area contributed by atoms with E-state index >= 15 is 0 Å². The molecule has 2 fully saturated rings. The van der Waals surface area contributed by atoms with Crippen molar-refractivity contribution in [3.63, 3.8) is 0 Å². The van der Waals surface area contributed by atoms with Gasteiger partial charge in [0.15, 0.2) is 0 Å². The Labute approximate surface area is 102 Å². The number of nitrogens with one attached hydrogen (secondary N) is 1. The van der Waals surface area contributed by atoms with E-state index < -0.39 is 5.60 Å². The van der Waals surface area contributed by atoms with E-state index in [0.29, 0.717) is 25.8 Å². The molecule has 1 aliphatic heterocycles. The molecule has 1 saturated carbocycles. The van der Waals surface area contributed by atoms with Crippen LogP contribution in [0, 0.1) is 0 Å². The molecule has 3 unspecified atom stereocenters. The van der Waals surface area contributed by atoms with Crippen LogP contribution in [0.5, 0.6) is 0 Å². The Kier molecular flexibility index (Phi) is 4.53. The molecule has 2 rings (SSSR count). The molecule has 0 spiro atoms. The Balaban J connectivity index is 1.79. The lowest BCUT2D eigenvalue weighted by Gasteiger charge is -2.33. The number of hydrogen-bond donors (Lipinski definition) is 2. The third-order valence-electron chi connectivity index (χ3n) is 3.78. The van der Waals surface area contributed by atoms with Gasteiger partial charge >= 0.3 is 0 Å². The van der Waals surface area contributed by atoms with E-state index in [1.54, 1.807) is 0 Å². The molecule has 1 saturated heterocycles. The van der Waals surface area contributed by atoms with Crippen molar-refractivity contribution in [1.29, 1.82) is 0 Å². The molecule has 94 valence electrons. The minimum absolute atomic E-state index is 0.497. The monoisotopic (exact) mass is 245 g/mol. The average molecular weight is 245 g/mol. The van der Waals surface area contributed by atoms with Crippen molar-refractivity contribution < 1.29 is 9.84 Å². The Hall–Kier alpha value is 0.230. The maximum atomic E-state index is 10.2. The molecule has 0 aromatic carbocycles. The molecule has 0 radical (unpaired) electrons. The highest BCUT2D eigenvalue weighted by molar-refractivity contribution is 7.99. The lowest BCUT2D eigenvalue weighted by Crippen LogP contribution is -2.49. The highest BCUT2D eigenvalue weighted by Gasteiger charge is 2.34. The molecule has 16 heavy (non-hydrogen) atoms. The summed E-state index contributed by atoms with van der Waals surface area (Å²) < 4.78 is 5.26. The zero-order valence-electron chi connectivity index (χ0n) is 10.1. The van der Waals surface area contributed by atoms with Gasteiger partial charge < -0.3 is 15.2 Å². The quantitative estimate of drug-likeness (QED) is 0.785. The van der Waals surface area contributed by atoms with Crippen molar-refractivity contribution in [2.75, 3.05) is 26.0 Å². The number of aliphatic hydroxyl groups is 1. The summed E-state index contributed by atoms with van der Waals surface area (Å²) >= 11 is 1.96. The first-order chi connectivity index (χ1) is 7.73. The molecule has 2 N–H and O–H groups in total. The zero-order chi connectivity index (χ0) is 11.4. The van der Waals surface area contributed by atoms with Crippen LogP contribution in [0.4, 0.5) is 0 Å². The molecule has 0 amide bonds. The van der Waals surface area contributed by atoms with Crippen LogP contribution < -0.4 is 5.32 Å². The summed E-state index contributed by atoms with van der Waals surface area (Å²) in [6, 6.07) is 0.577. The lowest BCUT2D eigenvalue weighted by molar-refractivity contribution is 0.0240. The molecule has 2 aliphatic rings. The number of hydrogen-bond acceptors (Lipinski definition) is 4. The summed E-state index contributed by atoms with van der Waals surface area (Å²) in [4.78, 5) is 0. The van der Waals surface area contributed by atoms with Crippen molar-refractivity contribution in [2.24, 2.45) is 0 Å². The van der Waals surface area contributed by atoms with Crippen LogP contribution in [0.3, 0.4) is 0 Å². The summed E-state index contributed by atoms with van der Waals surface area (Å²) in [5.74, 6) is 0. The number of ether oxygens (including phenoxy) is 1. The summed E-state index contributed by atoms with van der Waals surface area (Å²) in [7, 11) is 0. The molecular weight excluding hydrogens is 222 g/mol. The van der Waals surface area contributed by atoms with Gasteiger partial charge in [-0.1, -0.05) is 12.8 Å². The summed E-state index contributed by atoms with van der Waals surface area (Å²) in [6.07, 6.45) is 8.21. The van der Waals surface area contributed by atoms with Crippen molar-refractivity contribution in [2.45, 2.75) is 49.0 Å². The fourth-order valence-corrected chi connectivity index (χ4v) is 3.63. The van der Waals surface area contributed by atoms with Gasteiger partial charge in [-0.25, -0.2) is 0 Å². The minimum atomic E-state index is -0.611. The van der Waals surface area contributed by atoms with Crippen LogP contribution in [0.1, 0.15) is 32.1 Å². The number of rotatable bonds is 4. The van der Waals surface area contributed by atoms with Crippen LogP contribution >= 0.6 is 11.8 Å². The van der Waals surface area contributed by atoms with Gasteiger partial charge in [0, 0.05) is 30.9 Å². The predicted molar refractivity (Wildman–Crippen MR) is 67.9 cm³/mol. The SMILES string of the molecule is CSC1CCCCC1NCC1(O)CCOC1. The zero-order valence-corrected chi connectivity index (χ0v) is 10.9. The van der Waals surface area contributed by atoms with Gasteiger partial charge in [-0.3, -0.25) is 0 Å². The van der Waals surface area contributed by atoms with E-state index in [1.165, 1.54) is 25.7 Å². The van der Waals surface area contributed by atoms with Gasteiger partial charge in [-0.15, -0.1) is 0 Å². The van der Waals surface area contributed by atoms with Gasteiger partial charge in [0.05, 0.1) is 6.61 Å². The third kappa shape index (κ3) is 3.13. The van der Waals surface area contributed by atoms with Gasteiger partial charge in [-0.05, 0) is 19.1 Å². The van der Waals surface area contributed by atoms with Crippen LogP contribution in [-0.2, 0) is 4.74 Å². The fraction of sp³-hybridized carbons (Fsp3) is 1.00. The Morgan fingerprint density at radius 2 is 2.25 bits per heavy atom. The van der Waals surface area contributed by atoms with Gasteiger partial charge in [0.25, 0.3) is 0 Å². The molecule has 4 heteroatoms. The molecule has 0 aromatic rings. The number of thioether (sulfide) groups is 1. The molecular formula is C12H23NO2S. The maximum Gasteiger partial charge on any atom is 0.102 e. The highest BCUT2D eigenvalue weighted by atomic mass is 32.2. The van der Waals surface area contributed by atoms with Crippen LogP contribution in [0.25, 0.3) is 0 Å². The molecule has 3 nitrogen and oxygen atoms in total. The first kappa shape index (κ1) is 12.7. The Morgan fingerprint density at radius 3 is 2.94 bits per heavy atom. The lowest BCUT2D eigenvalue weighted by atomic mass is 9.93. The van der Waals surface area contributed by atoms with Crippen molar-refractivity contribution in [3.8, 4) is 0 Å². The van der Waals surface area contributed by atoms with Gasteiger partial charge in [0.1, 0.15) is 5.60 Å². The van der Waals surface area contributed by atoms with E-state index in [1.807, 2.05) is 11.8 Å². The van der Waals surface area contributed by atoms with E-state index in [4.69, 9.17) is 4.74 Å². The molecule has 3 atom stereocenters. The van der Waals surface area contributed by atoms with Crippen LogP contribution in [0.15, 0.2) is 0 Å².